The largest absolute Gasteiger partial charge is 0.482 e. The second-order valence-electron chi connectivity index (χ2n) is 4.74. The molecule has 2 aromatic rings. The van der Waals surface area contributed by atoms with E-state index in [4.69, 9.17) is 21.6 Å². The molecule has 122 valence electrons. The van der Waals surface area contributed by atoms with E-state index in [9.17, 15) is 14.9 Å². The topological polar surface area (TPSA) is 105 Å². The molecule has 1 amide bonds. The van der Waals surface area contributed by atoms with Crippen LogP contribution in [0, 0.1) is 21.4 Å². The Balaban J connectivity index is 1.91. The van der Waals surface area contributed by atoms with Gasteiger partial charge < -0.3 is 10.1 Å². The fourth-order valence-electron chi connectivity index (χ4n) is 1.86. The average molecular weight is 346 g/mol. The van der Waals surface area contributed by atoms with Gasteiger partial charge in [0.1, 0.15) is 5.75 Å². The Labute approximate surface area is 142 Å². The maximum absolute atomic E-state index is 11.8. The summed E-state index contributed by atoms with van der Waals surface area (Å²) < 4.78 is 5.26. The molecule has 0 aliphatic heterocycles. The maximum Gasteiger partial charge on any atom is 0.271 e. The molecule has 2 aromatic carbocycles. The number of nitrogens with zero attached hydrogens (tertiary/aromatic N) is 2. The van der Waals surface area contributed by atoms with E-state index in [-0.39, 0.29) is 23.1 Å². The number of benzene rings is 2. The molecule has 0 spiro atoms. The van der Waals surface area contributed by atoms with Crippen molar-refractivity contribution in [3.8, 4) is 11.8 Å². The standard InChI is InChI=1S/C16H12ClN3O4/c17-14-9-13(20(22)23)5-6-15(14)24-10-16(21)19-12-3-1-11(2-4-12)7-8-18/h1-6,9H,7,10H2,(H,19,21). The second kappa shape index (κ2) is 7.94. The molecule has 7 nitrogen and oxygen atoms in total. The van der Waals surface area contributed by atoms with Gasteiger partial charge in [0, 0.05) is 17.8 Å². The van der Waals surface area contributed by atoms with Crippen LogP contribution in [-0.4, -0.2) is 17.4 Å². The molecule has 0 aromatic heterocycles. The van der Waals surface area contributed by atoms with Crippen molar-refractivity contribution in [3.63, 3.8) is 0 Å². The normalized spacial score (nSPS) is 9.83. The first-order valence-corrected chi connectivity index (χ1v) is 7.20. The lowest BCUT2D eigenvalue weighted by atomic mass is 10.1. The van der Waals surface area contributed by atoms with Crippen molar-refractivity contribution in [1.29, 1.82) is 5.26 Å². The fourth-order valence-corrected chi connectivity index (χ4v) is 2.09. The number of nitriles is 1. The zero-order valence-electron chi connectivity index (χ0n) is 12.4. The monoisotopic (exact) mass is 345 g/mol. The predicted octanol–water partition coefficient (Wildman–Crippen LogP) is 3.33. The van der Waals surface area contributed by atoms with E-state index in [2.05, 4.69) is 5.32 Å². The van der Waals surface area contributed by atoms with Crippen LogP contribution in [0.5, 0.6) is 5.75 Å². The summed E-state index contributed by atoms with van der Waals surface area (Å²) in [5.74, 6) is -0.223. The molecule has 0 unspecified atom stereocenters. The summed E-state index contributed by atoms with van der Waals surface area (Å²) in [7, 11) is 0. The van der Waals surface area contributed by atoms with Crippen molar-refractivity contribution < 1.29 is 14.5 Å². The average Bonchev–Trinajstić information content (AvgIpc) is 2.55. The second-order valence-corrected chi connectivity index (χ2v) is 5.15. The Morgan fingerprint density at radius 2 is 2.00 bits per heavy atom. The van der Waals surface area contributed by atoms with Crippen molar-refractivity contribution >= 4 is 28.9 Å². The number of halogens is 1. The predicted molar refractivity (Wildman–Crippen MR) is 88.0 cm³/mol. The number of hydrogen-bond donors (Lipinski definition) is 1. The van der Waals surface area contributed by atoms with Gasteiger partial charge in [-0.3, -0.25) is 14.9 Å². The van der Waals surface area contributed by atoms with Crippen LogP contribution in [0.25, 0.3) is 0 Å². The van der Waals surface area contributed by atoms with Crippen LogP contribution in [0.15, 0.2) is 42.5 Å². The molecule has 24 heavy (non-hydrogen) atoms. The lowest BCUT2D eigenvalue weighted by Gasteiger charge is -2.09. The summed E-state index contributed by atoms with van der Waals surface area (Å²) in [6.45, 7) is -0.294. The first-order chi connectivity index (χ1) is 11.5. The Morgan fingerprint density at radius 1 is 1.29 bits per heavy atom. The third-order valence-electron chi connectivity index (χ3n) is 3.01. The number of hydrogen-bond acceptors (Lipinski definition) is 5. The van der Waals surface area contributed by atoms with Gasteiger partial charge in [0.05, 0.1) is 22.4 Å². The molecular formula is C16H12ClN3O4. The van der Waals surface area contributed by atoms with Gasteiger partial charge in [0.25, 0.3) is 11.6 Å². The Morgan fingerprint density at radius 3 is 2.58 bits per heavy atom. The quantitative estimate of drug-likeness (QED) is 0.638. The van der Waals surface area contributed by atoms with Crippen LogP contribution in [0.3, 0.4) is 0 Å². The van der Waals surface area contributed by atoms with Crippen LogP contribution in [0.1, 0.15) is 5.56 Å². The molecule has 8 heteroatoms. The lowest BCUT2D eigenvalue weighted by Crippen LogP contribution is -2.20. The molecule has 0 saturated carbocycles. The minimum absolute atomic E-state index is 0.0536. The summed E-state index contributed by atoms with van der Waals surface area (Å²) in [5.41, 5.74) is 1.26. The highest BCUT2D eigenvalue weighted by Crippen LogP contribution is 2.28. The minimum atomic E-state index is -0.571. The smallest absolute Gasteiger partial charge is 0.271 e. The Hall–Kier alpha value is -3.11. The number of ether oxygens (including phenoxy) is 1. The molecule has 0 radical (unpaired) electrons. The van der Waals surface area contributed by atoms with Crippen LogP contribution in [-0.2, 0) is 11.2 Å². The number of carbonyl (C=O) groups excluding carboxylic acids is 1. The van der Waals surface area contributed by atoms with Gasteiger partial charge in [0.15, 0.2) is 6.61 Å². The number of rotatable bonds is 6. The third kappa shape index (κ3) is 4.69. The van der Waals surface area contributed by atoms with Gasteiger partial charge in [0.2, 0.25) is 0 Å². The summed E-state index contributed by atoms with van der Waals surface area (Å²) in [4.78, 5) is 21.9. The van der Waals surface area contributed by atoms with Crippen molar-refractivity contribution in [2.45, 2.75) is 6.42 Å². The highest BCUT2D eigenvalue weighted by molar-refractivity contribution is 6.32. The van der Waals surface area contributed by atoms with Gasteiger partial charge >= 0.3 is 0 Å². The SMILES string of the molecule is N#CCc1ccc(NC(=O)COc2ccc([N+](=O)[O-])cc2Cl)cc1. The van der Waals surface area contributed by atoms with Gasteiger partial charge in [-0.25, -0.2) is 0 Å². The van der Waals surface area contributed by atoms with E-state index in [1.54, 1.807) is 24.3 Å². The maximum atomic E-state index is 11.8. The molecule has 0 fully saturated rings. The van der Waals surface area contributed by atoms with Crippen molar-refractivity contribution in [2.75, 3.05) is 11.9 Å². The fraction of sp³-hybridized carbons (Fsp3) is 0.125. The van der Waals surface area contributed by atoms with E-state index in [0.29, 0.717) is 12.1 Å². The van der Waals surface area contributed by atoms with E-state index in [0.717, 1.165) is 11.6 Å². The Kier molecular flexibility index (Phi) is 5.71. The third-order valence-corrected chi connectivity index (χ3v) is 3.30. The van der Waals surface area contributed by atoms with Gasteiger partial charge in [-0.2, -0.15) is 5.26 Å². The zero-order valence-corrected chi connectivity index (χ0v) is 13.1. The summed E-state index contributed by atoms with van der Waals surface area (Å²) >= 11 is 5.88. The number of non-ortho nitro benzene ring substituents is 1. The van der Waals surface area contributed by atoms with Crippen LogP contribution < -0.4 is 10.1 Å². The van der Waals surface area contributed by atoms with Crippen molar-refractivity contribution in [1.82, 2.24) is 0 Å². The highest BCUT2D eigenvalue weighted by atomic mass is 35.5. The molecule has 0 saturated heterocycles. The molecule has 2 rings (SSSR count). The minimum Gasteiger partial charge on any atom is -0.482 e. The van der Waals surface area contributed by atoms with E-state index in [1.807, 2.05) is 6.07 Å². The molecule has 0 aliphatic carbocycles. The van der Waals surface area contributed by atoms with Crippen LogP contribution in [0.2, 0.25) is 5.02 Å². The molecule has 0 bridgehead atoms. The molecular weight excluding hydrogens is 334 g/mol. The van der Waals surface area contributed by atoms with E-state index >= 15 is 0 Å². The number of amides is 1. The first-order valence-electron chi connectivity index (χ1n) is 6.82. The number of carbonyl (C=O) groups is 1. The van der Waals surface area contributed by atoms with Gasteiger partial charge in [-0.05, 0) is 23.8 Å². The molecule has 0 aliphatic rings. The summed E-state index contributed by atoms with van der Waals surface area (Å²) in [5, 5.41) is 21.9. The van der Waals surface area contributed by atoms with Crippen molar-refractivity contribution in [3.05, 3.63) is 63.2 Å². The number of nitro groups is 1. The van der Waals surface area contributed by atoms with Crippen LogP contribution >= 0.6 is 11.6 Å². The van der Waals surface area contributed by atoms with E-state index < -0.39 is 10.8 Å². The number of nitrogens with one attached hydrogen (secondary N) is 1. The molecule has 0 heterocycles. The number of anilines is 1. The lowest BCUT2D eigenvalue weighted by molar-refractivity contribution is -0.384. The zero-order chi connectivity index (χ0) is 17.5. The van der Waals surface area contributed by atoms with Gasteiger partial charge in [-0.1, -0.05) is 23.7 Å². The van der Waals surface area contributed by atoms with Crippen molar-refractivity contribution in [2.24, 2.45) is 0 Å². The van der Waals surface area contributed by atoms with E-state index in [1.165, 1.54) is 12.1 Å². The molecule has 1 N–H and O–H groups in total. The summed E-state index contributed by atoms with van der Waals surface area (Å²) in [6, 6.07) is 12.6. The van der Waals surface area contributed by atoms with Crippen LogP contribution in [0.4, 0.5) is 11.4 Å². The number of nitro benzene ring substituents is 1. The van der Waals surface area contributed by atoms with Gasteiger partial charge in [-0.15, -0.1) is 0 Å². The summed E-state index contributed by atoms with van der Waals surface area (Å²) in [6.07, 6.45) is 0.302. The Bertz CT molecular complexity index is 800. The first kappa shape index (κ1) is 17.2. The molecule has 0 atom stereocenters. The highest BCUT2D eigenvalue weighted by Gasteiger charge is 2.11.